The average Bonchev–Trinajstić information content (AvgIpc) is 2.95. The first kappa shape index (κ1) is 17.7. The highest BCUT2D eigenvalue weighted by Crippen LogP contribution is 2.36. The van der Waals surface area contributed by atoms with E-state index in [1.807, 2.05) is 0 Å². The summed E-state index contributed by atoms with van der Waals surface area (Å²) in [6.45, 7) is 6.63. The summed E-state index contributed by atoms with van der Waals surface area (Å²) in [6.07, 6.45) is 0.222. The molecule has 2 fully saturated rings. The summed E-state index contributed by atoms with van der Waals surface area (Å²) in [4.78, 5) is 31.3. The van der Waals surface area contributed by atoms with Crippen molar-refractivity contribution < 1.29 is 19.1 Å². The van der Waals surface area contributed by atoms with Gasteiger partial charge >= 0.3 is 0 Å². The second-order valence-corrected chi connectivity index (χ2v) is 6.30. The lowest BCUT2D eigenvalue weighted by Crippen LogP contribution is -2.52. The number of piperazine rings is 1. The van der Waals surface area contributed by atoms with Crippen molar-refractivity contribution in [1.29, 1.82) is 0 Å². The van der Waals surface area contributed by atoms with Crippen LogP contribution in [-0.4, -0.2) is 74.6 Å². The van der Waals surface area contributed by atoms with Gasteiger partial charge in [-0.2, -0.15) is 0 Å². The fourth-order valence-electron chi connectivity index (χ4n) is 3.52. The number of benzene rings is 1. The number of nitrogens with zero attached hydrogens (tertiary/aromatic N) is 3. The van der Waals surface area contributed by atoms with E-state index in [-0.39, 0.29) is 24.3 Å². The van der Waals surface area contributed by atoms with Crippen LogP contribution in [0.1, 0.15) is 13.3 Å². The van der Waals surface area contributed by atoms with Gasteiger partial charge in [0.1, 0.15) is 11.5 Å². The number of hydrogen-bond acceptors (Lipinski definition) is 6. The number of hydrogen-bond donors (Lipinski definition) is 0. The first-order valence-electron chi connectivity index (χ1n) is 8.64. The van der Waals surface area contributed by atoms with Crippen LogP contribution in [0.25, 0.3) is 0 Å². The lowest BCUT2D eigenvalue weighted by molar-refractivity contribution is -0.123. The molecule has 2 amide bonds. The van der Waals surface area contributed by atoms with Gasteiger partial charge in [0.05, 0.1) is 32.4 Å². The lowest BCUT2D eigenvalue weighted by atomic mass is 10.1. The molecule has 1 aromatic carbocycles. The average molecular weight is 347 g/mol. The summed E-state index contributed by atoms with van der Waals surface area (Å²) in [5.41, 5.74) is 0.480. The first-order valence-corrected chi connectivity index (χ1v) is 8.64. The van der Waals surface area contributed by atoms with Crippen molar-refractivity contribution in [1.82, 2.24) is 9.80 Å². The predicted octanol–water partition coefficient (Wildman–Crippen LogP) is 0.973. The van der Waals surface area contributed by atoms with E-state index in [1.54, 1.807) is 25.3 Å². The Morgan fingerprint density at radius 1 is 1.08 bits per heavy atom. The third kappa shape index (κ3) is 3.34. The number of anilines is 1. The molecule has 0 aromatic heterocycles. The van der Waals surface area contributed by atoms with E-state index in [0.717, 1.165) is 32.7 Å². The van der Waals surface area contributed by atoms with E-state index in [2.05, 4.69) is 16.7 Å². The van der Waals surface area contributed by atoms with E-state index in [1.165, 1.54) is 12.0 Å². The third-order valence-electron chi connectivity index (χ3n) is 5.05. The molecule has 0 bridgehead atoms. The maximum absolute atomic E-state index is 13.0. The third-order valence-corrected chi connectivity index (χ3v) is 5.05. The van der Waals surface area contributed by atoms with Crippen LogP contribution in [0.2, 0.25) is 0 Å². The van der Waals surface area contributed by atoms with Crippen LogP contribution in [-0.2, 0) is 9.59 Å². The van der Waals surface area contributed by atoms with Gasteiger partial charge in [0, 0.05) is 32.2 Å². The highest BCUT2D eigenvalue weighted by Gasteiger charge is 2.44. The maximum Gasteiger partial charge on any atom is 0.251 e. The van der Waals surface area contributed by atoms with Crippen molar-refractivity contribution in [3.8, 4) is 11.5 Å². The minimum Gasteiger partial charge on any atom is -0.497 e. The van der Waals surface area contributed by atoms with Crippen molar-refractivity contribution >= 4 is 17.5 Å². The van der Waals surface area contributed by atoms with Gasteiger partial charge in [-0.25, -0.2) is 4.90 Å². The van der Waals surface area contributed by atoms with Crippen LogP contribution in [0.4, 0.5) is 5.69 Å². The minimum absolute atomic E-state index is 0.168. The molecule has 1 aromatic rings. The number of carbonyl (C=O) groups is 2. The van der Waals surface area contributed by atoms with Crippen molar-refractivity contribution in [2.45, 2.75) is 19.4 Å². The summed E-state index contributed by atoms with van der Waals surface area (Å²) >= 11 is 0. The zero-order chi connectivity index (χ0) is 18.0. The summed E-state index contributed by atoms with van der Waals surface area (Å²) in [6, 6.07) is 4.73. The quantitative estimate of drug-likeness (QED) is 0.740. The zero-order valence-corrected chi connectivity index (χ0v) is 15.0. The van der Waals surface area contributed by atoms with Crippen molar-refractivity contribution in [3.05, 3.63) is 18.2 Å². The van der Waals surface area contributed by atoms with Crippen LogP contribution >= 0.6 is 0 Å². The van der Waals surface area contributed by atoms with Gasteiger partial charge in [-0.3, -0.25) is 14.5 Å². The normalized spacial score (nSPS) is 22.5. The Bertz CT molecular complexity index is 656. The van der Waals surface area contributed by atoms with Crippen LogP contribution in [0.15, 0.2) is 18.2 Å². The number of likely N-dealkylation sites (N-methyl/N-ethyl adjacent to an activating group) is 1. The van der Waals surface area contributed by atoms with Gasteiger partial charge in [-0.15, -0.1) is 0 Å². The number of methoxy groups -OCH3 is 2. The molecule has 2 heterocycles. The molecule has 2 aliphatic rings. The van der Waals surface area contributed by atoms with Gasteiger partial charge in [0.15, 0.2) is 0 Å². The molecule has 7 heteroatoms. The highest BCUT2D eigenvalue weighted by molar-refractivity contribution is 6.23. The Hall–Kier alpha value is -2.12. The molecule has 0 N–H and O–H groups in total. The van der Waals surface area contributed by atoms with Crippen LogP contribution in [0.3, 0.4) is 0 Å². The number of ether oxygens (including phenoxy) is 2. The second kappa shape index (κ2) is 7.41. The zero-order valence-electron chi connectivity index (χ0n) is 15.0. The molecule has 0 spiro atoms. The molecule has 0 saturated carbocycles. The van der Waals surface area contributed by atoms with E-state index in [4.69, 9.17) is 9.47 Å². The monoisotopic (exact) mass is 347 g/mol. The van der Waals surface area contributed by atoms with Gasteiger partial charge < -0.3 is 14.4 Å². The van der Waals surface area contributed by atoms with Gasteiger partial charge in [0.25, 0.3) is 5.91 Å². The van der Waals surface area contributed by atoms with Crippen molar-refractivity contribution in [3.63, 3.8) is 0 Å². The van der Waals surface area contributed by atoms with Gasteiger partial charge in [-0.1, -0.05) is 6.92 Å². The molecule has 25 heavy (non-hydrogen) atoms. The first-order chi connectivity index (χ1) is 12.1. The summed E-state index contributed by atoms with van der Waals surface area (Å²) < 4.78 is 10.5. The molecule has 1 atom stereocenters. The Morgan fingerprint density at radius 3 is 2.40 bits per heavy atom. The minimum atomic E-state index is -0.377. The smallest absolute Gasteiger partial charge is 0.251 e. The van der Waals surface area contributed by atoms with Gasteiger partial charge in [-0.05, 0) is 18.7 Å². The largest absolute Gasteiger partial charge is 0.497 e. The number of carbonyl (C=O) groups excluding carboxylic acids is 2. The fourth-order valence-corrected chi connectivity index (χ4v) is 3.52. The van der Waals surface area contributed by atoms with E-state index >= 15 is 0 Å². The lowest BCUT2D eigenvalue weighted by Gasteiger charge is -2.36. The fraction of sp³-hybridized carbons (Fsp3) is 0.556. The topological polar surface area (TPSA) is 62.3 Å². The molecular formula is C18H25N3O4. The number of rotatable bonds is 5. The molecule has 0 aliphatic carbocycles. The predicted molar refractivity (Wildman–Crippen MR) is 94.1 cm³/mol. The Balaban J connectivity index is 1.80. The van der Waals surface area contributed by atoms with E-state index in [0.29, 0.717) is 17.2 Å². The Morgan fingerprint density at radius 2 is 1.80 bits per heavy atom. The second-order valence-electron chi connectivity index (χ2n) is 6.30. The molecule has 0 unspecified atom stereocenters. The van der Waals surface area contributed by atoms with Crippen LogP contribution in [0.5, 0.6) is 11.5 Å². The van der Waals surface area contributed by atoms with Gasteiger partial charge in [0.2, 0.25) is 5.91 Å². The molecule has 136 valence electrons. The highest BCUT2D eigenvalue weighted by atomic mass is 16.5. The van der Waals surface area contributed by atoms with Crippen LogP contribution in [0, 0.1) is 0 Å². The summed E-state index contributed by atoms with van der Waals surface area (Å²) in [7, 11) is 3.08. The molecular weight excluding hydrogens is 322 g/mol. The Labute approximate surface area is 148 Å². The standard InChI is InChI=1S/C18H25N3O4/c1-4-19-7-9-20(10-8-19)15-12-17(22)21(18(15)23)14-6-5-13(24-2)11-16(14)25-3/h5-6,11,15H,4,7-10,12H2,1-3H3/t15-/m0/s1. The molecule has 7 nitrogen and oxygen atoms in total. The summed E-state index contributed by atoms with van der Waals surface area (Å²) in [5.74, 6) is 0.722. The van der Waals surface area contributed by atoms with E-state index < -0.39 is 0 Å². The number of imide groups is 1. The number of amides is 2. The van der Waals surface area contributed by atoms with Crippen LogP contribution < -0.4 is 14.4 Å². The molecule has 3 rings (SSSR count). The van der Waals surface area contributed by atoms with Crippen molar-refractivity contribution in [2.75, 3.05) is 51.8 Å². The van der Waals surface area contributed by atoms with E-state index in [9.17, 15) is 9.59 Å². The SMILES string of the molecule is CCN1CCN([C@H]2CC(=O)N(c3ccc(OC)cc3OC)C2=O)CC1. The molecule has 0 radical (unpaired) electrons. The summed E-state index contributed by atoms with van der Waals surface area (Å²) in [5, 5.41) is 0. The molecule has 2 saturated heterocycles. The van der Waals surface area contributed by atoms with Crippen molar-refractivity contribution in [2.24, 2.45) is 0 Å². The maximum atomic E-state index is 13.0. The Kier molecular flexibility index (Phi) is 5.24. The molecule has 2 aliphatic heterocycles.